The van der Waals surface area contributed by atoms with Gasteiger partial charge in [-0.05, 0) is 0 Å². The number of rotatable bonds is 4. The number of fused-ring (bicyclic) bond motifs is 1. The summed E-state index contributed by atoms with van der Waals surface area (Å²) in [6.45, 7) is -0.594. The van der Waals surface area contributed by atoms with Gasteiger partial charge in [-0.25, -0.2) is 19.5 Å². The number of nitrogen functional groups attached to an aromatic ring is 1. The van der Waals surface area contributed by atoms with Crippen molar-refractivity contribution in [2.24, 2.45) is 0 Å². The zero-order valence-electron chi connectivity index (χ0n) is 12.0. The predicted octanol–water partition coefficient (Wildman–Crippen LogP) is -4.63. The number of imidazole rings is 1. The first-order chi connectivity index (χ1) is 10.8. The van der Waals surface area contributed by atoms with Crippen molar-refractivity contribution >= 4 is 113 Å². The molecule has 13 nitrogen and oxygen atoms in total. The van der Waals surface area contributed by atoms with E-state index >= 15 is 0 Å². The molecule has 2 aromatic rings. The number of phosphoric ester groups is 1. The number of ether oxygens (including phenoxy) is 1. The molecule has 8 N–H and O–H groups in total. The van der Waals surface area contributed by atoms with Crippen LogP contribution in [0.15, 0.2) is 12.7 Å². The molecule has 140 valence electrons. The first kappa shape index (κ1) is 30.5. The van der Waals surface area contributed by atoms with Crippen molar-refractivity contribution in [3.05, 3.63) is 12.7 Å². The van der Waals surface area contributed by atoms with Crippen molar-refractivity contribution in [1.29, 1.82) is 0 Å². The number of nitrogens with zero attached hydrogens (tertiary/aromatic N) is 4. The van der Waals surface area contributed by atoms with E-state index in [0.717, 1.165) is 0 Å². The minimum atomic E-state index is -4.72. The summed E-state index contributed by atoms with van der Waals surface area (Å²) in [7, 11) is -4.72. The fourth-order valence-electron chi connectivity index (χ4n) is 2.32. The molecule has 17 heteroatoms. The molecular formula is C10H19N5Na3O8P. The Kier molecular flexibility index (Phi) is 13.8. The van der Waals surface area contributed by atoms with Gasteiger partial charge in [0.1, 0.15) is 30.2 Å². The molecule has 1 fully saturated rings. The number of nitrogens with two attached hydrogens (primary N) is 1. The van der Waals surface area contributed by atoms with Crippen LogP contribution < -0.4 is 5.73 Å². The quantitative estimate of drug-likeness (QED) is 0.226. The van der Waals surface area contributed by atoms with E-state index in [9.17, 15) is 14.8 Å². The SMILES string of the molecule is Nc1ncnc2c1ncn2[C@@H]1O[C@H](COP(=O)(O)O)[C@@H](O)[C@H]1O.O.[NaH].[NaH].[NaH]. The summed E-state index contributed by atoms with van der Waals surface area (Å²) >= 11 is 0. The molecule has 3 heterocycles. The minimum absolute atomic E-state index is 0. The van der Waals surface area contributed by atoms with Crippen LogP contribution in [0.2, 0.25) is 0 Å². The third kappa shape index (κ3) is 6.91. The number of aliphatic hydroxyl groups is 2. The van der Waals surface area contributed by atoms with E-state index in [4.69, 9.17) is 20.3 Å². The molecule has 1 saturated heterocycles. The van der Waals surface area contributed by atoms with Gasteiger partial charge in [-0.2, -0.15) is 0 Å². The van der Waals surface area contributed by atoms with Crippen molar-refractivity contribution in [1.82, 2.24) is 19.5 Å². The number of aliphatic hydroxyl groups excluding tert-OH is 2. The molecule has 4 atom stereocenters. The van der Waals surface area contributed by atoms with Crippen LogP contribution in [0.4, 0.5) is 5.82 Å². The number of phosphoric acid groups is 1. The van der Waals surface area contributed by atoms with E-state index < -0.39 is 39.0 Å². The Hall–Kier alpha value is 1.30. The van der Waals surface area contributed by atoms with Crippen molar-refractivity contribution < 1.29 is 39.3 Å². The molecule has 0 aliphatic carbocycles. The van der Waals surface area contributed by atoms with Crippen LogP contribution in [0, 0.1) is 0 Å². The van der Waals surface area contributed by atoms with Crippen molar-refractivity contribution in [2.75, 3.05) is 12.3 Å². The third-order valence-corrected chi connectivity index (χ3v) is 3.89. The van der Waals surface area contributed by atoms with E-state index in [1.165, 1.54) is 17.2 Å². The summed E-state index contributed by atoms with van der Waals surface area (Å²) in [6.07, 6.45) is -2.49. The third-order valence-electron chi connectivity index (χ3n) is 3.41. The Bertz CT molecular complexity index is 778. The van der Waals surface area contributed by atoms with Crippen LogP contribution in [-0.4, -0.2) is 159 Å². The number of aromatic nitrogens is 4. The molecule has 0 radical (unpaired) electrons. The second kappa shape index (κ2) is 12.2. The molecule has 0 saturated carbocycles. The van der Waals surface area contributed by atoms with Gasteiger partial charge in [0.05, 0.1) is 12.9 Å². The maximum atomic E-state index is 10.7. The summed E-state index contributed by atoms with van der Waals surface area (Å²) in [5.74, 6) is 0.142. The fourth-order valence-corrected chi connectivity index (χ4v) is 2.66. The summed E-state index contributed by atoms with van der Waals surface area (Å²) in [4.78, 5) is 29.2. The van der Waals surface area contributed by atoms with Gasteiger partial charge >= 0.3 is 96.5 Å². The zero-order chi connectivity index (χ0) is 16.8. The van der Waals surface area contributed by atoms with Gasteiger partial charge in [-0.3, -0.25) is 9.09 Å². The Labute approximate surface area is 219 Å². The summed E-state index contributed by atoms with van der Waals surface area (Å²) in [5, 5.41) is 20.1. The van der Waals surface area contributed by atoms with Gasteiger partial charge in [0.25, 0.3) is 0 Å². The maximum absolute atomic E-state index is 10.7. The Morgan fingerprint density at radius 1 is 1.19 bits per heavy atom. The van der Waals surface area contributed by atoms with Gasteiger partial charge in [0.15, 0.2) is 17.7 Å². The Morgan fingerprint density at radius 3 is 2.41 bits per heavy atom. The van der Waals surface area contributed by atoms with E-state index in [1.54, 1.807) is 0 Å². The van der Waals surface area contributed by atoms with Crippen LogP contribution in [0.25, 0.3) is 11.2 Å². The van der Waals surface area contributed by atoms with Crippen LogP contribution >= 0.6 is 7.82 Å². The molecule has 27 heavy (non-hydrogen) atoms. The zero-order valence-corrected chi connectivity index (χ0v) is 12.9. The average molecular weight is 437 g/mol. The molecule has 0 bridgehead atoms. The van der Waals surface area contributed by atoms with Crippen LogP contribution in [0.3, 0.4) is 0 Å². The normalized spacial score (nSPS) is 24.3. The second-order valence-electron chi connectivity index (χ2n) is 4.92. The van der Waals surface area contributed by atoms with E-state index in [2.05, 4.69) is 19.5 Å². The molecule has 0 spiro atoms. The van der Waals surface area contributed by atoms with Gasteiger partial charge in [0, 0.05) is 0 Å². The standard InChI is InChI=1S/C10H14N5O7P.3Na.H2O.3H/c11-8-5-9(13-2-12-8)15(3-14-5)10-7(17)6(16)4(22-10)1-21-23(18,19)20;;;;;;;/h2-4,6-7,10,16-17H,1H2,(H2,11,12,13)(H2,18,19,20);;;;1H2;;;/t4-,6-,7-,10-;;;;;;;/m1......./s1. The molecule has 1 aliphatic heterocycles. The van der Waals surface area contributed by atoms with E-state index in [-0.39, 0.29) is 106 Å². The van der Waals surface area contributed by atoms with Gasteiger partial charge < -0.3 is 35.9 Å². The monoisotopic (exact) mass is 437 g/mol. The number of hydrogen-bond donors (Lipinski definition) is 5. The van der Waals surface area contributed by atoms with Crippen molar-refractivity contribution in [2.45, 2.75) is 24.5 Å². The summed E-state index contributed by atoms with van der Waals surface area (Å²) < 4.78 is 21.8. The first-order valence-electron chi connectivity index (χ1n) is 6.42. The fraction of sp³-hybridized carbons (Fsp3) is 0.500. The molecular weight excluding hydrogens is 418 g/mol. The van der Waals surface area contributed by atoms with Gasteiger partial charge in [-0.15, -0.1) is 0 Å². The molecule has 0 amide bonds. The van der Waals surface area contributed by atoms with Gasteiger partial charge in [-0.1, -0.05) is 0 Å². The first-order valence-corrected chi connectivity index (χ1v) is 7.95. The van der Waals surface area contributed by atoms with Crippen LogP contribution in [-0.2, 0) is 13.8 Å². The second-order valence-corrected chi connectivity index (χ2v) is 6.15. The molecule has 0 aromatic carbocycles. The predicted molar refractivity (Wildman–Crippen MR) is 98.7 cm³/mol. The molecule has 3 rings (SSSR count). The van der Waals surface area contributed by atoms with Crippen molar-refractivity contribution in [3.8, 4) is 0 Å². The summed E-state index contributed by atoms with van der Waals surface area (Å²) in [5.41, 5.74) is 6.25. The number of anilines is 1. The van der Waals surface area contributed by atoms with Crippen LogP contribution in [0.5, 0.6) is 0 Å². The Morgan fingerprint density at radius 2 is 1.81 bits per heavy atom. The Balaban J connectivity index is 0. The van der Waals surface area contributed by atoms with Gasteiger partial charge in [0.2, 0.25) is 0 Å². The van der Waals surface area contributed by atoms with Crippen molar-refractivity contribution in [3.63, 3.8) is 0 Å². The van der Waals surface area contributed by atoms with Crippen LogP contribution in [0.1, 0.15) is 6.23 Å². The summed E-state index contributed by atoms with van der Waals surface area (Å²) in [6, 6.07) is 0. The molecule has 1 aliphatic rings. The number of hydrogen-bond acceptors (Lipinski definition) is 9. The van der Waals surface area contributed by atoms with E-state index in [1.807, 2.05) is 0 Å². The molecule has 2 aromatic heterocycles. The van der Waals surface area contributed by atoms with E-state index in [0.29, 0.717) is 5.52 Å². The average Bonchev–Trinajstić information content (AvgIpc) is 3.01. The topological polar surface area (TPSA) is 218 Å². The molecule has 0 unspecified atom stereocenters.